The van der Waals surface area contributed by atoms with Crippen LogP contribution >= 0.6 is 0 Å². The van der Waals surface area contributed by atoms with Crippen LogP contribution in [0.4, 0.5) is 0 Å². The van der Waals surface area contributed by atoms with Gasteiger partial charge in [0.05, 0.1) is 13.7 Å². The summed E-state index contributed by atoms with van der Waals surface area (Å²) in [5.74, 6) is 2.80. The minimum atomic E-state index is 0.127. The average Bonchev–Trinajstić information content (AvgIpc) is 3.18. The molecule has 2 aliphatic rings. The number of methoxy groups -OCH3 is 1. The molecular formula is C16H21NO3. The van der Waals surface area contributed by atoms with E-state index in [1.54, 1.807) is 7.11 Å². The Labute approximate surface area is 119 Å². The summed E-state index contributed by atoms with van der Waals surface area (Å²) in [6, 6.07) is 5.98. The highest BCUT2D eigenvalue weighted by Gasteiger charge is 2.24. The van der Waals surface area contributed by atoms with E-state index in [4.69, 9.17) is 9.47 Å². The molecule has 2 fully saturated rings. The first kappa shape index (κ1) is 13.3. The topological polar surface area (TPSA) is 47.6 Å². The van der Waals surface area contributed by atoms with Gasteiger partial charge in [0, 0.05) is 18.9 Å². The zero-order valence-corrected chi connectivity index (χ0v) is 11.9. The molecule has 1 aromatic rings. The van der Waals surface area contributed by atoms with Crippen LogP contribution in [0.1, 0.15) is 37.2 Å². The van der Waals surface area contributed by atoms with Gasteiger partial charge in [-0.15, -0.1) is 0 Å². The van der Waals surface area contributed by atoms with Crippen molar-refractivity contribution in [3.8, 4) is 11.5 Å². The quantitative estimate of drug-likeness (QED) is 0.867. The van der Waals surface area contributed by atoms with Gasteiger partial charge in [-0.2, -0.15) is 0 Å². The van der Waals surface area contributed by atoms with Crippen LogP contribution in [0.25, 0.3) is 0 Å². The number of carbonyl (C=O) groups excluding carboxylic acids is 1. The number of carbonyl (C=O) groups is 1. The number of ether oxygens (including phenoxy) is 2. The summed E-state index contributed by atoms with van der Waals surface area (Å²) in [6.45, 7) is 1.46. The Morgan fingerprint density at radius 3 is 2.80 bits per heavy atom. The molecule has 4 nitrogen and oxygen atoms in total. The average molecular weight is 275 g/mol. The smallest absolute Gasteiger partial charge is 0.220 e. The van der Waals surface area contributed by atoms with Gasteiger partial charge in [-0.05, 0) is 30.0 Å². The van der Waals surface area contributed by atoms with Crippen molar-refractivity contribution in [2.24, 2.45) is 5.92 Å². The lowest BCUT2D eigenvalue weighted by molar-refractivity contribution is -0.119. The van der Waals surface area contributed by atoms with E-state index in [1.807, 2.05) is 18.2 Å². The third kappa shape index (κ3) is 3.06. The molecule has 1 aromatic carbocycles. The minimum Gasteiger partial charge on any atom is -0.493 e. The molecule has 1 atom stereocenters. The standard InChI is InChI=1S/C16H21NO3/c1-19-14-5-4-12(13-9-16(18)17-10-13)8-15(14)20-7-6-11-2-3-11/h4-5,8,11,13H,2-3,6-7,9-10H2,1H3,(H,17,18). The fourth-order valence-electron chi connectivity index (χ4n) is 2.64. The molecule has 1 N–H and O–H groups in total. The Balaban J connectivity index is 1.69. The summed E-state index contributed by atoms with van der Waals surface area (Å²) in [5, 5.41) is 2.87. The first-order valence-corrected chi connectivity index (χ1v) is 7.33. The van der Waals surface area contributed by atoms with E-state index in [1.165, 1.54) is 12.8 Å². The van der Waals surface area contributed by atoms with Gasteiger partial charge in [-0.1, -0.05) is 18.9 Å². The second-order valence-corrected chi connectivity index (χ2v) is 5.70. The predicted molar refractivity (Wildman–Crippen MR) is 76.2 cm³/mol. The SMILES string of the molecule is COc1ccc(C2CNC(=O)C2)cc1OCCC1CC1. The molecule has 1 unspecified atom stereocenters. The number of nitrogens with one attached hydrogen (secondary N) is 1. The summed E-state index contributed by atoms with van der Waals surface area (Å²) < 4.78 is 11.2. The lowest BCUT2D eigenvalue weighted by Gasteiger charge is -2.14. The maximum Gasteiger partial charge on any atom is 0.220 e. The molecule has 108 valence electrons. The van der Waals surface area contributed by atoms with Crippen molar-refractivity contribution in [3.63, 3.8) is 0 Å². The number of benzene rings is 1. The molecule has 0 spiro atoms. The van der Waals surface area contributed by atoms with Gasteiger partial charge in [0.15, 0.2) is 11.5 Å². The molecule has 1 aliphatic carbocycles. The normalized spacial score (nSPS) is 21.6. The molecule has 0 bridgehead atoms. The fourth-order valence-corrected chi connectivity index (χ4v) is 2.64. The van der Waals surface area contributed by atoms with Crippen molar-refractivity contribution >= 4 is 5.91 Å². The Bertz CT molecular complexity index is 496. The Kier molecular flexibility index (Phi) is 3.81. The van der Waals surface area contributed by atoms with Crippen molar-refractivity contribution in [1.82, 2.24) is 5.32 Å². The third-order valence-corrected chi connectivity index (χ3v) is 4.12. The first-order chi connectivity index (χ1) is 9.76. The lowest BCUT2D eigenvalue weighted by atomic mass is 9.98. The predicted octanol–water partition coefficient (Wildman–Crippen LogP) is 2.48. The summed E-state index contributed by atoms with van der Waals surface area (Å²) in [4.78, 5) is 11.3. The Hall–Kier alpha value is -1.71. The number of amides is 1. The molecule has 1 aliphatic heterocycles. The van der Waals surface area contributed by atoms with Crippen molar-refractivity contribution in [2.45, 2.75) is 31.6 Å². The summed E-state index contributed by atoms with van der Waals surface area (Å²) in [6.07, 6.45) is 4.37. The molecule has 1 saturated heterocycles. The van der Waals surface area contributed by atoms with Crippen molar-refractivity contribution in [1.29, 1.82) is 0 Å². The van der Waals surface area contributed by atoms with E-state index in [0.29, 0.717) is 13.0 Å². The van der Waals surface area contributed by atoms with Gasteiger partial charge in [0.2, 0.25) is 5.91 Å². The molecule has 0 aromatic heterocycles. The van der Waals surface area contributed by atoms with Crippen molar-refractivity contribution < 1.29 is 14.3 Å². The zero-order chi connectivity index (χ0) is 13.9. The van der Waals surface area contributed by atoms with Gasteiger partial charge in [0.25, 0.3) is 0 Å². The van der Waals surface area contributed by atoms with Gasteiger partial charge < -0.3 is 14.8 Å². The Morgan fingerprint density at radius 2 is 2.15 bits per heavy atom. The van der Waals surface area contributed by atoms with Crippen LogP contribution in [0, 0.1) is 5.92 Å². The van der Waals surface area contributed by atoms with Crippen molar-refractivity contribution in [3.05, 3.63) is 23.8 Å². The van der Waals surface area contributed by atoms with Crippen LogP contribution in [0.15, 0.2) is 18.2 Å². The van der Waals surface area contributed by atoms with Gasteiger partial charge in [0.1, 0.15) is 0 Å². The second-order valence-electron chi connectivity index (χ2n) is 5.70. The van der Waals surface area contributed by atoms with Crippen molar-refractivity contribution in [2.75, 3.05) is 20.3 Å². The molecule has 1 heterocycles. The van der Waals surface area contributed by atoms with Gasteiger partial charge >= 0.3 is 0 Å². The number of hydrogen-bond acceptors (Lipinski definition) is 3. The van der Waals surface area contributed by atoms with Crippen LogP contribution < -0.4 is 14.8 Å². The van der Waals surface area contributed by atoms with E-state index in [0.717, 1.165) is 36.0 Å². The van der Waals surface area contributed by atoms with E-state index in [9.17, 15) is 4.79 Å². The Morgan fingerprint density at radius 1 is 1.30 bits per heavy atom. The minimum absolute atomic E-state index is 0.127. The largest absolute Gasteiger partial charge is 0.493 e. The highest BCUT2D eigenvalue weighted by Crippen LogP contribution is 2.35. The molecule has 3 rings (SSSR count). The van der Waals surface area contributed by atoms with Crippen LogP contribution in [-0.4, -0.2) is 26.2 Å². The maximum absolute atomic E-state index is 11.3. The highest BCUT2D eigenvalue weighted by molar-refractivity contribution is 5.79. The van der Waals surface area contributed by atoms with E-state index >= 15 is 0 Å². The zero-order valence-electron chi connectivity index (χ0n) is 11.9. The fraction of sp³-hybridized carbons (Fsp3) is 0.562. The number of hydrogen-bond donors (Lipinski definition) is 1. The van der Waals surface area contributed by atoms with Crippen LogP contribution in [0.5, 0.6) is 11.5 Å². The first-order valence-electron chi connectivity index (χ1n) is 7.33. The van der Waals surface area contributed by atoms with E-state index < -0.39 is 0 Å². The second kappa shape index (κ2) is 5.73. The maximum atomic E-state index is 11.3. The van der Waals surface area contributed by atoms with E-state index in [2.05, 4.69) is 5.32 Å². The lowest BCUT2D eigenvalue weighted by Crippen LogP contribution is -2.13. The molecule has 20 heavy (non-hydrogen) atoms. The van der Waals surface area contributed by atoms with Crippen LogP contribution in [0.3, 0.4) is 0 Å². The summed E-state index contributed by atoms with van der Waals surface area (Å²) in [5.41, 5.74) is 1.14. The monoisotopic (exact) mass is 275 g/mol. The summed E-state index contributed by atoms with van der Waals surface area (Å²) >= 11 is 0. The number of rotatable bonds is 6. The molecular weight excluding hydrogens is 254 g/mol. The van der Waals surface area contributed by atoms with Crippen LogP contribution in [0.2, 0.25) is 0 Å². The molecule has 0 radical (unpaired) electrons. The summed E-state index contributed by atoms with van der Waals surface area (Å²) in [7, 11) is 1.66. The molecule has 4 heteroatoms. The van der Waals surface area contributed by atoms with Gasteiger partial charge in [-0.25, -0.2) is 0 Å². The molecule has 1 amide bonds. The third-order valence-electron chi connectivity index (χ3n) is 4.12. The van der Waals surface area contributed by atoms with E-state index in [-0.39, 0.29) is 11.8 Å². The van der Waals surface area contributed by atoms with Crippen LogP contribution in [-0.2, 0) is 4.79 Å². The molecule has 1 saturated carbocycles. The highest BCUT2D eigenvalue weighted by atomic mass is 16.5. The van der Waals surface area contributed by atoms with Gasteiger partial charge in [-0.3, -0.25) is 4.79 Å².